The molecular formula is C15H20N2. The minimum atomic E-state index is 0.285. The van der Waals surface area contributed by atoms with Crippen LogP contribution in [0.4, 0.5) is 5.69 Å². The van der Waals surface area contributed by atoms with Gasteiger partial charge < -0.3 is 4.90 Å². The van der Waals surface area contributed by atoms with Crippen LogP contribution in [0.2, 0.25) is 0 Å². The first-order valence-electron chi connectivity index (χ1n) is 6.38. The molecule has 2 nitrogen and oxygen atoms in total. The molecule has 0 N–H and O–H groups in total. The van der Waals surface area contributed by atoms with Crippen LogP contribution in [0.1, 0.15) is 31.7 Å². The zero-order valence-electron chi connectivity index (χ0n) is 10.7. The highest BCUT2D eigenvalue weighted by atomic mass is 15.1. The standard InChI is InChI=1S/C15H20N2/c1-3-17(12-15(8-9-15)10-11-16)14-7-5-4-6-13(14)2/h4-7H,3,8-10,12H2,1-2H3. The maximum atomic E-state index is 8.88. The first-order chi connectivity index (χ1) is 8.21. The second kappa shape index (κ2) is 4.79. The van der Waals surface area contributed by atoms with Crippen molar-refractivity contribution >= 4 is 5.69 Å². The lowest BCUT2D eigenvalue weighted by Crippen LogP contribution is -2.30. The molecule has 2 rings (SSSR count). The summed E-state index contributed by atoms with van der Waals surface area (Å²) >= 11 is 0. The highest BCUT2D eigenvalue weighted by Gasteiger charge is 2.43. The number of nitrogens with zero attached hydrogens (tertiary/aromatic N) is 2. The van der Waals surface area contributed by atoms with Gasteiger partial charge in [0.2, 0.25) is 0 Å². The van der Waals surface area contributed by atoms with Crippen molar-refractivity contribution in [1.29, 1.82) is 5.26 Å². The number of hydrogen-bond acceptors (Lipinski definition) is 2. The Bertz CT molecular complexity index is 427. The lowest BCUT2D eigenvalue weighted by molar-refractivity contribution is 0.512. The number of hydrogen-bond donors (Lipinski definition) is 0. The molecule has 0 spiro atoms. The molecular weight excluding hydrogens is 208 g/mol. The van der Waals surface area contributed by atoms with Crippen molar-refractivity contribution in [2.45, 2.75) is 33.1 Å². The van der Waals surface area contributed by atoms with E-state index in [1.54, 1.807) is 0 Å². The maximum absolute atomic E-state index is 8.88. The molecule has 0 amide bonds. The van der Waals surface area contributed by atoms with E-state index in [1.165, 1.54) is 24.1 Å². The smallest absolute Gasteiger partial charge is 0.0628 e. The first kappa shape index (κ1) is 12.0. The maximum Gasteiger partial charge on any atom is 0.0628 e. The highest BCUT2D eigenvalue weighted by molar-refractivity contribution is 5.53. The summed E-state index contributed by atoms with van der Waals surface area (Å²) in [6, 6.07) is 10.8. The number of aryl methyl sites for hydroxylation is 1. The number of benzene rings is 1. The summed E-state index contributed by atoms with van der Waals surface area (Å²) in [5.41, 5.74) is 2.92. The normalized spacial score (nSPS) is 16.3. The van der Waals surface area contributed by atoms with Gasteiger partial charge in [-0.15, -0.1) is 0 Å². The highest BCUT2D eigenvalue weighted by Crippen LogP contribution is 2.49. The van der Waals surface area contributed by atoms with Gasteiger partial charge in [-0.2, -0.15) is 5.26 Å². The van der Waals surface area contributed by atoms with Crippen molar-refractivity contribution in [2.24, 2.45) is 5.41 Å². The Morgan fingerprint density at radius 1 is 1.35 bits per heavy atom. The number of anilines is 1. The van der Waals surface area contributed by atoms with Crippen molar-refractivity contribution in [2.75, 3.05) is 18.0 Å². The van der Waals surface area contributed by atoms with E-state index < -0.39 is 0 Å². The summed E-state index contributed by atoms with van der Waals surface area (Å²) in [5, 5.41) is 8.88. The van der Waals surface area contributed by atoms with E-state index in [0.717, 1.165) is 13.1 Å². The van der Waals surface area contributed by atoms with Gasteiger partial charge in [-0.1, -0.05) is 18.2 Å². The average Bonchev–Trinajstić information content (AvgIpc) is 3.08. The Labute approximate surface area is 104 Å². The van der Waals surface area contributed by atoms with Crippen LogP contribution in [0.5, 0.6) is 0 Å². The molecule has 2 heteroatoms. The van der Waals surface area contributed by atoms with E-state index in [-0.39, 0.29) is 5.41 Å². The zero-order chi connectivity index (χ0) is 12.3. The molecule has 90 valence electrons. The summed E-state index contributed by atoms with van der Waals surface area (Å²) in [6.07, 6.45) is 3.13. The number of para-hydroxylation sites is 1. The van der Waals surface area contributed by atoms with Gasteiger partial charge in [-0.3, -0.25) is 0 Å². The Kier molecular flexibility index (Phi) is 3.38. The fourth-order valence-electron chi connectivity index (χ4n) is 2.43. The predicted octanol–water partition coefficient (Wildman–Crippen LogP) is 3.52. The van der Waals surface area contributed by atoms with Gasteiger partial charge in [-0.25, -0.2) is 0 Å². The quantitative estimate of drug-likeness (QED) is 0.771. The van der Waals surface area contributed by atoms with E-state index in [2.05, 4.69) is 49.1 Å². The Morgan fingerprint density at radius 3 is 2.59 bits per heavy atom. The molecule has 1 aliphatic rings. The van der Waals surface area contributed by atoms with Gasteiger partial charge in [0.05, 0.1) is 6.07 Å². The van der Waals surface area contributed by atoms with Crippen LogP contribution in [0.15, 0.2) is 24.3 Å². The van der Waals surface area contributed by atoms with Crippen LogP contribution < -0.4 is 4.90 Å². The molecule has 1 saturated carbocycles. The largest absolute Gasteiger partial charge is 0.371 e. The Balaban J connectivity index is 2.13. The molecule has 1 aromatic rings. The summed E-state index contributed by atoms with van der Waals surface area (Å²) in [7, 11) is 0. The molecule has 0 unspecified atom stereocenters. The van der Waals surface area contributed by atoms with E-state index in [4.69, 9.17) is 5.26 Å². The summed E-state index contributed by atoms with van der Waals surface area (Å²) in [4.78, 5) is 2.42. The molecule has 0 atom stereocenters. The van der Waals surface area contributed by atoms with Crippen molar-refractivity contribution in [1.82, 2.24) is 0 Å². The third kappa shape index (κ3) is 2.61. The first-order valence-corrected chi connectivity index (χ1v) is 6.38. The van der Waals surface area contributed by atoms with Gasteiger partial charge in [0.25, 0.3) is 0 Å². The van der Waals surface area contributed by atoms with E-state index in [9.17, 15) is 0 Å². The van der Waals surface area contributed by atoms with Crippen molar-refractivity contribution in [3.63, 3.8) is 0 Å². The monoisotopic (exact) mass is 228 g/mol. The van der Waals surface area contributed by atoms with Gasteiger partial charge in [0, 0.05) is 30.6 Å². The molecule has 0 aliphatic heterocycles. The van der Waals surface area contributed by atoms with E-state index in [1.807, 2.05) is 0 Å². The van der Waals surface area contributed by atoms with Crippen molar-refractivity contribution in [3.05, 3.63) is 29.8 Å². The van der Waals surface area contributed by atoms with Gasteiger partial charge in [0.15, 0.2) is 0 Å². The minimum Gasteiger partial charge on any atom is -0.371 e. The molecule has 17 heavy (non-hydrogen) atoms. The lowest BCUT2D eigenvalue weighted by atomic mass is 10.0. The van der Waals surface area contributed by atoms with Crippen LogP contribution >= 0.6 is 0 Å². The lowest BCUT2D eigenvalue weighted by Gasteiger charge is -2.28. The molecule has 1 aromatic carbocycles. The van der Waals surface area contributed by atoms with Gasteiger partial charge >= 0.3 is 0 Å². The summed E-state index contributed by atoms with van der Waals surface area (Å²) in [6.45, 7) is 6.39. The molecule has 1 fully saturated rings. The Morgan fingerprint density at radius 2 is 2.06 bits per heavy atom. The molecule has 1 aliphatic carbocycles. The third-order valence-corrected chi connectivity index (χ3v) is 3.78. The van der Waals surface area contributed by atoms with E-state index in [0.29, 0.717) is 6.42 Å². The molecule has 0 saturated heterocycles. The number of nitriles is 1. The van der Waals surface area contributed by atoms with Crippen LogP contribution in [0.3, 0.4) is 0 Å². The van der Waals surface area contributed by atoms with Crippen molar-refractivity contribution in [3.8, 4) is 6.07 Å². The zero-order valence-corrected chi connectivity index (χ0v) is 10.7. The fraction of sp³-hybridized carbons (Fsp3) is 0.533. The predicted molar refractivity (Wildman–Crippen MR) is 71.0 cm³/mol. The minimum absolute atomic E-state index is 0.285. The SMILES string of the molecule is CCN(CC1(CC#N)CC1)c1ccccc1C. The van der Waals surface area contributed by atoms with Crippen LogP contribution in [-0.4, -0.2) is 13.1 Å². The fourth-order valence-corrected chi connectivity index (χ4v) is 2.43. The van der Waals surface area contributed by atoms with Gasteiger partial charge in [-0.05, 0) is 38.3 Å². The van der Waals surface area contributed by atoms with Crippen molar-refractivity contribution < 1.29 is 0 Å². The summed E-state index contributed by atoms with van der Waals surface area (Å²) < 4.78 is 0. The second-order valence-corrected chi connectivity index (χ2v) is 5.14. The average molecular weight is 228 g/mol. The van der Waals surface area contributed by atoms with Crippen LogP contribution in [0.25, 0.3) is 0 Å². The second-order valence-electron chi connectivity index (χ2n) is 5.14. The number of rotatable bonds is 5. The molecule has 0 aromatic heterocycles. The third-order valence-electron chi connectivity index (χ3n) is 3.78. The van der Waals surface area contributed by atoms with Gasteiger partial charge in [0.1, 0.15) is 0 Å². The van der Waals surface area contributed by atoms with Crippen LogP contribution in [0, 0.1) is 23.7 Å². The molecule has 0 bridgehead atoms. The topological polar surface area (TPSA) is 27.0 Å². The molecule has 0 radical (unpaired) electrons. The summed E-state index contributed by atoms with van der Waals surface area (Å²) in [5.74, 6) is 0. The van der Waals surface area contributed by atoms with E-state index >= 15 is 0 Å². The van der Waals surface area contributed by atoms with Crippen LogP contribution in [-0.2, 0) is 0 Å². The molecule has 0 heterocycles. The Hall–Kier alpha value is -1.49.